The summed E-state index contributed by atoms with van der Waals surface area (Å²) in [5, 5.41) is 7.72. The minimum Gasteiger partial charge on any atom is -0.489 e. The second kappa shape index (κ2) is 10.3. The maximum absolute atomic E-state index is 6.28. The fourth-order valence-electron chi connectivity index (χ4n) is 4.50. The maximum Gasteiger partial charge on any atom is 0.125 e. The zero-order valence-electron chi connectivity index (χ0n) is 20.4. The number of nitrogens with zero attached hydrogens (tertiary/aromatic N) is 1. The predicted molar refractivity (Wildman–Crippen MR) is 157 cm³/mol. The maximum atomic E-state index is 6.28. The Morgan fingerprint density at radius 3 is 2.59 bits per heavy atom. The van der Waals surface area contributed by atoms with E-state index in [0.717, 1.165) is 38.7 Å². The van der Waals surface area contributed by atoms with Crippen LogP contribution < -0.4 is 10.1 Å². The van der Waals surface area contributed by atoms with Crippen LogP contribution in [0, 0.1) is 6.92 Å². The van der Waals surface area contributed by atoms with E-state index in [1.165, 1.54) is 21.0 Å². The number of hydrogen-bond acceptors (Lipinski definition) is 4. The lowest BCUT2D eigenvalue weighted by molar-refractivity contribution is 0.304. The van der Waals surface area contributed by atoms with Crippen molar-refractivity contribution in [1.29, 1.82) is 0 Å². The Balaban J connectivity index is 1.23. The quantitative estimate of drug-likeness (QED) is 0.228. The molecule has 5 aromatic carbocycles. The Kier molecular flexibility index (Phi) is 6.52. The van der Waals surface area contributed by atoms with Crippen LogP contribution in [0.25, 0.3) is 31.6 Å². The number of fused-ring (bicyclic) bond motifs is 2. The Labute approximate surface area is 225 Å². The van der Waals surface area contributed by atoms with Gasteiger partial charge in [-0.2, -0.15) is 0 Å². The molecule has 0 aliphatic heterocycles. The van der Waals surface area contributed by atoms with Crippen LogP contribution in [-0.4, -0.2) is 4.98 Å². The van der Waals surface area contributed by atoms with Gasteiger partial charge in [0.25, 0.3) is 0 Å². The van der Waals surface area contributed by atoms with Crippen LogP contribution in [0.5, 0.6) is 5.75 Å². The van der Waals surface area contributed by atoms with Crippen LogP contribution >= 0.6 is 22.9 Å². The molecule has 3 nitrogen and oxygen atoms in total. The van der Waals surface area contributed by atoms with Crippen LogP contribution in [0.2, 0.25) is 5.02 Å². The summed E-state index contributed by atoms with van der Waals surface area (Å²) in [6, 6.07) is 35.3. The number of rotatable bonds is 7. The fraction of sp³-hybridized carbons (Fsp3) is 0.0938. The van der Waals surface area contributed by atoms with Gasteiger partial charge in [0, 0.05) is 28.4 Å². The highest BCUT2D eigenvalue weighted by Gasteiger charge is 2.11. The van der Waals surface area contributed by atoms with E-state index in [9.17, 15) is 0 Å². The van der Waals surface area contributed by atoms with E-state index in [-0.39, 0.29) is 0 Å². The van der Waals surface area contributed by atoms with Gasteiger partial charge < -0.3 is 10.1 Å². The number of halogens is 1. The van der Waals surface area contributed by atoms with Crippen LogP contribution in [0.1, 0.15) is 16.7 Å². The molecule has 0 unspecified atom stereocenters. The van der Waals surface area contributed by atoms with Crippen molar-refractivity contribution < 1.29 is 4.74 Å². The lowest BCUT2D eigenvalue weighted by atomic mass is 10.0. The SMILES string of the molecule is Cc1ccc2nc(-c3ccc(NCc4c(OCc5cccc(Cl)c5)ccc5ccccc45)cc3)sc2c1. The number of aryl methyl sites for hydroxylation is 1. The highest BCUT2D eigenvalue weighted by molar-refractivity contribution is 7.21. The Morgan fingerprint density at radius 2 is 1.73 bits per heavy atom. The van der Waals surface area contributed by atoms with Gasteiger partial charge >= 0.3 is 0 Å². The molecule has 37 heavy (non-hydrogen) atoms. The Bertz CT molecular complexity index is 1710. The van der Waals surface area contributed by atoms with Crippen molar-refractivity contribution in [2.75, 3.05) is 5.32 Å². The monoisotopic (exact) mass is 520 g/mol. The van der Waals surface area contributed by atoms with Gasteiger partial charge in [0.05, 0.1) is 10.2 Å². The van der Waals surface area contributed by atoms with Crippen molar-refractivity contribution in [1.82, 2.24) is 4.98 Å². The van der Waals surface area contributed by atoms with E-state index in [1.54, 1.807) is 11.3 Å². The molecule has 1 aromatic heterocycles. The third kappa shape index (κ3) is 5.17. The molecule has 6 rings (SSSR count). The second-order valence-corrected chi connectivity index (χ2v) is 10.6. The van der Waals surface area contributed by atoms with Gasteiger partial charge in [0.1, 0.15) is 17.4 Å². The number of benzene rings is 5. The van der Waals surface area contributed by atoms with Gasteiger partial charge in [-0.05, 0) is 83.4 Å². The number of anilines is 1. The zero-order chi connectivity index (χ0) is 25.2. The number of thiazole rings is 1. The van der Waals surface area contributed by atoms with Gasteiger partial charge in [-0.15, -0.1) is 11.3 Å². The van der Waals surface area contributed by atoms with E-state index < -0.39 is 0 Å². The van der Waals surface area contributed by atoms with Crippen molar-refractivity contribution in [3.63, 3.8) is 0 Å². The smallest absolute Gasteiger partial charge is 0.125 e. The van der Waals surface area contributed by atoms with Crippen molar-refractivity contribution in [2.24, 2.45) is 0 Å². The van der Waals surface area contributed by atoms with Gasteiger partial charge in [-0.1, -0.05) is 60.1 Å². The molecule has 5 heteroatoms. The first-order valence-electron chi connectivity index (χ1n) is 12.2. The molecule has 1 N–H and O–H groups in total. The van der Waals surface area contributed by atoms with Crippen LogP contribution in [-0.2, 0) is 13.2 Å². The van der Waals surface area contributed by atoms with Crippen LogP contribution in [0.15, 0.2) is 103 Å². The van der Waals surface area contributed by atoms with Gasteiger partial charge in [-0.25, -0.2) is 4.98 Å². The minimum atomic E-state index is 0.461. The summed E-state index contributed by atoms with van der Waals surface area (Å²) < 4.78 is 7.50. The van der Waals surface area contributed by atoms with E-state index in [0.29, 0.717) is 18.2 Å². The Morgan fingerprint density at radius 1 is 0.865 bits per heavy atom. The van der Waals surface area contributed by atoms with E-state index >= 15 is 0 Å². The van der Waals surface area contributed by atoms with E-state index in [1.807, 2.05) is 24.3 Å². The number of ether oxygens (including phenoxy) is 1. The molecule has 0 spiro atoms. The molecule has 6 aromatic rings. The van der Waals surface area contributed by atoms with E-state index in [2.05, 4.69) is 91.1 Å². The lowest BCUT2D eigenvalue weighted by Crippen LogP contribution is -2.04. The van der Waals surface area contributed by atoms with Gasteiger partial charge in [-0.3, -0.25) is 0 Å². The molecule has 0 aliphatic rings. The number of hydrogen-bond donors (Lipinski definition) is 1. The third-order valence-electron chi connectivity index (χ3n) is 6.43. The molecule has 1 heterocycles. The second-order valence-electron chi connectivity index (χ2n) is 9.10. The lowest BCUT2D eigenvalue weighted by Gasteiger charge is -2.16. The summed E-state index contributed by atoms with van der Waals surface area (Å²) in [6.45, 7) is 3.22. The average Bonchev–Trinajstić information content (AvgIpc) is 3.34. The molecule has 0 saturated carbocycles. The van der Waals surface area contributed by atoms with Crippen molar-refractivity contribution >= 4 is 49.6 Å². The summed E-state index contributed by atoms with van der Waals surface area (Å²) in [7, 11) is 0. The van der Waals surface area contributed by atoms with Crippen molar-refractivity contribution in [2.45, 2.75) is 20.1 Å². The molecule has 0 saturated heterocycles. The molecule has 182 valence electrons. The molecule has 0 atom stereocenters. The van der Waals surface area contributed by atoms with Crippen molar-refractivity contribution in [3.05, 3.63) is 125 Å². The summed E-state index contributed by atoms with van der Waals surface area (Å²) >= 11 is 7.89. The standard InChI is InChI=1S/C32H25ClN2OS/c1-21-9-15-29-31(17-21)37-32(35-29)24-10-13-26(14-11-24)34-19-28-27-8-3-2-6-23(27)12-16-30(28)36-20-22-5-4-7-25(33)18-22/h2-18,34H,19-20H2,1H3. The van der Waals surface area contributed by atoms with Gasteiger partial charge in [0.2, 0.25) is 0 Å². The molecule has 0 aliphatic carbocycles. The van der Waals surface area contributed by atoms with Crippen molar-refractivity contribution in [3.8, 4) is 16.3 Å². The minimum absolute atomic E-state index is 0.461. The molecule has 0 fully saturated rings. The first-order valence-corrected chi connectivity index (χ1v) is 13.4. The number of nitrogens with one attached hydrogen (secondary N) is 1. The summed E-state index contributed by atoms with van der Waals surface area (Å²) in [5.74, 6) is 0.868. The Hall–Kier alpha value is -3.86. The molecule has 0 bridgehead atoms. The molecular formula is C32H25ClN2OS. The van der Waals surface area contributed by atoms with Crippen LogP contribution in [0.3, 0.4) is 0 Å². The molecule has 0 radical (unpaired) electrons. The summed E-state index contributed by atoms with van der Waals surface area (Å²) in [6.07, 6.45) is 0. The predicted octanol–water partition coefficient (Wildman–Crippen LogP) is 9.27. The molecule has 0 amide bonds. The highest BCUT2D eigenvalue weighted by atomic mass is 35.5. The zero-order valence-corrected chi connectivity index (χ0v) is 21.9. The molecular weight excluding hydrogens is 496 g/mol. The number of aromatic nitrogens is 1. The highest BCUT2D eigenvalue weighted by Crippen LogP contribution is 2.33. The largest absolute Gasteiger partial charge is 0.489 e. The van der Waals surface area contributed by atoms with E-state index in [4.69, 9.17) is 21.3 Å². The first kappa shape index (κ1) is 23.5. The fourth-order valence-corrected chi connectivity index (χ4v) is 5.78. The average molecular weight is 521 g/mol. The van der Waals surface area contributed by atoms with Gasteiger partial charge in [0.15, 0.2) is 0 Å². The topological polar surface area (TPSA) is 34.2 Å². The third-order valence-corrected chi connectivity index (χ3v) is 7.73. The normalized spacial score (nSPS) is 11.2. The van der Waals surface area contributed by atoms with Crippen LogP contribution in [0.4, 0.5) is 5.69 Å². The first-order chi connectivity index (χ1) is 18.1. The summed E-state index contributed by atoms with van der Waals surface area (Å²) in [5.41, 5.74) is 6.65. The summed E-state index contributed by atoms with van der Waals surface area (Å²) in [4.78, 5) is 4.82.